The first-order valence-electron chi connectivity index (χ1n) is 5.34. The van der Waals surface area contributed by atoms with Gasteiger partial charge in [0.2, 0.25) is 11.9 Å². The number of aliphatic imine (C=N–C) groups is 1. The second kappa shape index (κ2) is 7.24. The number of amides is 1. The molecule has 0 fully saturated rings. The van der Waals surface area contributed by atoms with Gasteiger partial charge in [0.1, 0.15) is 0 Å². The van der Waals surface area contributed by atoms with Crippen molar-refractivity contribution in [2.45, 2.75) is 12.8 Å². The maximum Gasteiger partial charge on any atom is 0.217 e. The number of anilines is 1. The fourth-order valence-corrected chi connectivity index (χ4v) is 1.22. The summed E-state index contributed by atoms with van der Waals surface area (Å²) in [7, 11) is 0. The van der Waals surface area contributed by atoms with Gasteiger partial charge in [-0.2, -0.15) is 0 Å². The Morgan fingerprint density at radius 1 is 1.29 bits per heavy atom. The van der Waals surface area contributed by atoms with Crippen molar-refractivity contribution in [2.75, 3.05) is 11.9 Å². The third kappa shape index (κ3) is 5.53. The standard InChI is InChI=1S/C11H17N5O/c12-10(17)7-4-8-14-11(16-13)15-9-5-2-1-3-6-9/h1-3,5-6H,4,7-8,13H2,(H2,12,17)(H2,14,15,16). The molecule has 0 saturated heterocycles. The zero-order valence-corrected chi connectivity index (χ0v) is 9.52. The van der Waals surface area contributed by atoms with E-state index in [4.69, 9.17) is 11.6 Å². The minimum Gasteiger partial charge on any atom is -0.370 e. The molecular formula is C11H17N5O. The average molecular weight is 235 g/mol. The predicted octanol–water partition coefficient (Wildman–Crippen LogP) is 0.183. The molecular weight excluding hydrogens is 218 g/mol. The van der Waals surface area contributed by atoms with E-state index in [1.165, 1.54) is 0 Å². The molecule has 0 unspecified atom stereocenters. The average Bonchev–Trinajstić information content (AvgIpc) is 2.34. The van der Waals surface area contributed by atoms with Crippen LogP contribution < -0.4 is 22.3 Å². The van der Waals surface area contributed by atoms with Crippen LogP contribution in [0.25, 0.3) is 0 Å². The maximum absolute atomic E-state index is 10.5. The molecule has 0 aliphatic carbocycles. The molecule has 92 valence electrons. The number of hydrazine groups is 1. The molecule has 0 heterocycles. The van der Waals surface area contributed by atoms with Crippen molar-refractivity contribution in [3.63, 3.8) is 0 Å². The third-order valence-corrected chi connectivity index (χ3v) is 2.02. The summed E-state index contributed by atoms with van der Waals surface area (Å²) in [5, 5.41) is 3.01. The fraction of sp³-hybridized carbons (Fsp3) is 0.273. The highest BCUT2D eigenvalue weighted by molar-refractivity contribution is 5.93. The number of nitrogens with one attached hydrogen (secondary N) is 2. The summed E-state index contributed by atoms with van der Waals surface area (Å²) >= 11 is 0. The molecule has 1 amide bonds. The first-order valence-corrected chi connectivity index (χ1v) is 5.34. The lowest BCUT2D eigenvalue weighted by Gasteiger charge is -2.08. The van der Waals surface area contributed by atoms with E-state index in [9.17, 15) is 4.79 Å². The highest BCUT2D eigenvalue weighted by Gasteiger charge is 1.97. The fourth-order valence-electron chi connectivity index (χ4n) is 1.22. The molecule has 1 aromatic carbocycles. The van der Waals surface area contributed by atoms with Crippen molar-refractivity contribution in [1.29, 1.82) is 0 Å². The zero-order valence-electron chi connectivity index (χ0n) is 9.52. The molecule has 6 nitrogen and oxygen atoms in total. The van der Waals surface area contributed by atoms with Gasteiger partial charge >= 0.3 is 0 Å². The van der Waals surface area contributed by atoms with Gasteiger partial charge in [-0.15, -0.1) is 0 Å². The van der Waals surface area contributed by atoms with Crippen LogP contribution in [-0.2, 0) is 4.79 Å². The van der Waals surface area contributed by atoms with Gasteiger partial charge in [0.25, 0.3) is 0 Å². The summed E-state index contributed by atoms with van der Waals surface area (Å²) in [5.41, 5.74) is 8.37. The number of primary amides is 1. The summed E-state index contributed by atoms with van der Waals surface area (Å²) in [6.07, 6.45) is 0.934. The quantitative estimate of drug-likeness (QED) is 0.192. The molecule has 6 N–H and O–H groups in total. The number of nitrogens with zero attached hydrogens (tertiary/aromatic N) is 1. The van der Waals surface area contributed by atoms with Gasteiger partial charge in [-0.1, -0.05) is 18.2 Å². The van der Waals surface area contributed by atoms with Gasteiger partial charge in [0, 0.05) is 18.7 Å². The van der Waals surface area contributed by atoms with Gasteiger partial charge in [0.05, 0.1) is 0 Å². The van der Waals surface area contributed by atoms with Crippen molar-refractivity contribution in [3.8, 4) is 0 Å². The third-order valence-electron chi connectivity index (χ3n) is 2.02. The van der Waals surface area contributed by atoms with E-state index in [1.54, 1.807) is 0 Å². The summed E-state index contributed by atoms with van der Waals surface area (Å²) in [4.78, 5) is 14.7. The number of hydrogen-bond donors (Lipinski definition) is 4. The minimum absolute atomic E-state index is 0.321. The Morgan fingerprint density at radius 3 is 2.59 bits per heavy atom. The first-order chi connectivity index (χ1) is 8.22. The Hall–Kier alpha value is -2.08. The monoisotopic (exact) mass is 235 g/mol. The second-order valence-electron chi connectivity index (χ2n) is 3.44. The number of benzene rings is 1. The summed E-state index contributed by atoms with van der Waals surface area (Å²) in [5.74, 6) is 5.47. The molecule has 0 spiro atoms. The predicted molar refractivity (Wildman–Crippen MR) is 68.1 cm³/mol. The van der Waals surface area contributed by atoms with E-state index in [1.807, 2.05) is 30.3 Å². The lowest BCUT2D eigenvalue weighted by Crippen LogP contribution is -2.36. The largest absolute Gasteiger partial charge is 0.370 e. The second-order valence-corrected chi connectivity index (χ2v) is 3.44. The van der Waals surface area contributed by atoms with Crippen LogP contribution in [0.2, 0.25) is 0 Å². The van der Waals surface area contributed by atoms with Crippen LogP contribution in [0.15, 0.2) is 35.3 Å². The summed E-state index contributed by atoms with van der Waals surface area (Å²) in [6.45, 7) is 0.488. The smallest absolute Gasteiger partial charge is 0.217 e. The number of para-hydroxylation sites is 1. The van der Waals surface area contributed by atoms with Gasteiger partial charge in [-0.05, 0) is 18.6 Å². The lowest BCUT2D eigenvalue weighted by molar-refractivity contribution is -0.118. The first kappa shape index (κ1) is 13.0. The van der Waals surface area contributed by atoms with E-state index >= 15 is 0 Å². The van der Waals surface area contributed by atoms with E-state index in [2.05, 4.69) is 15.7 Å². The Kier molecular flexibility index (Phi) is 5.53. The van der Waals surface area contributed by atoms with Gasteiger partial charge in [-0.3, -0.25) is 15.2 Å². The Balaban J connectivity index is 2.42. The molecule has 1 aromatic rings. The number of hydrogen-bond acceptors (Lipinski definition) is 3. The summed E-state index contributed by atoms with van der Waals surface area (Å²) in [6, 6.07) is 9.53. The van der Waals surface area contributed by atoms with Crippen LogP contribution in [-0.4, -0.2) is 18.4 Å². The molecule has 1 rings (SSSR count). The van der Waals surface area contributed by atoms with Crippen molar-refractivity contribution in [3.05, 3.63) is 30.3 Å². The van der Waals surface area contributed by atoms with Crippen molar-refractivity contribution >= 4 is 17.6 Å². The van der Waals surface area contributed by atoms with E-state index in [0.717, 1.165) is 5.69 Å². The summed E-state index contributed by atoms with van der Waals surface area (Å²) < 4.78 is 0. The van der Waals surface area contributed by atoms with Crippen LogP contribution in [0, 0.1) is 0 Å². The number of nitrogens with two attached hydrogens (primary N) is 2. The molecule has 0 aliphatic heterocycles. The highest BCUT2D eigenvalue weighted by atomic mass is 16.1. The van der Waals surface area contributed by atoms with Crippen molar-refractivity contribution in [2.24, 2.45) is 16.6 Å². The van der Waals surface area contributed by atoms with Crippen LogP contribution in [0.1, 0.15) is 12.8 Å². The minimum atomic E-state index is -0.321. The molecule has 0 atom stereocenters. The zero-order chi connectivity index (χ0) is 12.5. The number of rotatable bonds is 5. The van der Waals surface area contributed by atoms with Gasteiger partial charge in [-0.25, -0.2) is 5.84 Å². The molecule has 0 radical (unpaired) electrons. The molecule has 0 aliphatic rings. The van der Waals surface area contributed by atoms with Crippen molar-refractivity contribution in [1.82, 2.24) is 5.43 Å². The molecule has 17 heavy (non-hydrogen) atoms. The van der Waals surface area contributed by atoms with Gasteiger partial charge < -0.3 is 11.1 Å². The van der Waals surface area contributed by atoms with E-state index < -0.39 is 0 Å². The van der Waals surface area contributed by atoms with E-state index in [-0.39, 0.29) is 5.91 Å². The van der Waals surface area contributed by atoms with Crippen LogP contribution in [0.3, 0.4) is 0 Å². The number of guanidine groups is 1. The number of carbonyl (C=O) groups is 1. The number of carbonyl (C=O) groups excluding carboxylic acids is 1. The highest BCUT2D eigenvalue weighted by Crippen LogP contribution is 2.04. The maximum atomic E-state index is 10.5. The molecule has 0 aromatic heterocycles. The van der Waals surface area contributed by atoms with Crippen LogP contribution >= 0.6 is 0 Å². The lowest BCUT2D eigenvalue weighted by atomic mass is 10.3. The molecule has 0 bridgehead atoms. The van der Waals surface area contributed by atoms with Gasteiger partial charge in [0.15, 0.2) is 0 Å². The SMILES string of the molecule is NNC(=NCCCC(N)=O)Nc1ccccc1. The van der Waals surface area contributed by atoms with E-state index in [0.29, 0.717) is 25.3 Å². The Morgan fingerprint density at radius 2 is 2.00 bits per heavy atom. The normalized spacial score (nSPS) is 11.0. The van der Waals surface area contributed by atoms with Crippen LogP contribution in [0.5, 0.6) is 0 Å². The van der Waals surface area contributed by atoms with Crippen LogP contribution in [0.4, 0.5) is 5.69 Å². The Bertz CT molecular complexity index is 377. The molecule has 0 saturated carbocycles. The topological polar surface area (TPSA) is 106 Å². The van der Waals surface area contributed by atoms with Crippen molar-refractivity contribution < 1.29 is 4.79 Å². The molecule has 6 heteroatoms. The Labute approximate surface area is 100 Å².